The molecule has 0 saturated heterocycles. The Morgan fingerprint density at radius 2 is 1.56 bits per heavy atom. The van der Waals surface area contributed by atoms with Crippen molar-refractivity contribution >= 4 is 33.7 Å². The van der Waals surface area contributed by atoms with Gasteiger partial charge in [-0.1, -0.05) is 7.43 Å². The molecule has 0 spiro atoms. The molecule has 0 aliphatic carbocycles. The van der Waals surface area contributed by atoms with Crippen molar-refractivity contribution in [1.82, 2.24) is 29.1 Å². The molecule has 0 radical (unpaired) electrons. The molecule has 0 aromatic carbocycles. The van der Waals surface area contributed by atoms with Crippen LogP contribution in [-0.4, -0.2) is 29.1 Å². The van der Waals surface area contributed by atoms with Gasteiger partial charge >= 0.3 is 0 Å². The molecule has 0 bridgehead atoms. The van der Waals surface area contributed by atoms with Crippen molar-refractivity contribution < 1.29 is 0 Å². The van der Waals surface area contributed by atoms with Crippen molar-refractivity contribution in [3.8, 4) is 0 Å². The van der Waals surface area contributed by atoms with E-state index in [1.54, 1.807) is 12.5 Å². The van der Waals surface area contributed by atoms with Gasteiger partial charge < -0.3 is 20.6 Å². The molecule has 27 heavy (non-hydrogen) atoms. The van der Waals surface area contributed by atoms with E-state index < -0.39 is 0 Å². The fourth-order valence-corrected chi connectivity index (χ4v) is 2.74. The van der Waals surface area contributed by atoms with Gasteiger partial charge in [0.1, 0.15) is 17.5 Å². The van der Waals surface area contributed by atoms with Gasteiger partial charge in [-0.15, -0.1) is 0 Å². The van der Waals surface area contributed by atoms with Gasteiger partial charge in [-0.2, -0.15) is 0 Å². The van der Waals surface area contributed by atoms with E-state index in [0.717, 1.165) is 22.4 Å². The molecule has 4 heterocycles. The van der Waals surface area contributed by atoms with Crippen molar-refractivity contribution in [2.75, 3.05) is 11.5 Å². The monoisotopic (exact) mass is 368 g/mol. The van der Waals surface area contributed by atoms with E-state index in [-0.39, 0.29) is 7.43 Å². The number of nitrogen functional groups attached to an aromatic ring is 2. The zero-order valence-electron chi connectivity index (χ0n) is 15.5. The largest absolute Gasteiger partial charge is 0.398 e. The number of imidazole rings is 1. The number of fused-ring (bicyclic) bond motifs is 2. The predicted molar refractivity (Wildman–Crippen MR) is 111 cm³/mol. The lowest BCUT2D eigenvalue weighted by atomic mass is 10.3. The van der Waals surface area contributed by atoms with Gasteiger partial charge in [0.15, 0.2) is 11.5 Å². The van der Waals surface area contributed by atoms with Gasteiger partial charge in [-0.3, -0.25) is 0 Å². The first kappa shape index (κ1) is 20.2. The van der Waals surface area contributed by atoms with Gasteiger partial charge in [0.2, 0.25) is 0 Å². The SMILES string of the molecule is C.CC(C)n1ccc2c(N)ccnc21.CC(C)n1cnc2c(N)ncnc21. The van der Waals surface area contributed by atoms with Crippen LogP contribution < -0.4 is 11.5 Å². The molecule has 0 atom stereocenters. The first-order valence-electron chi connectivity index (χ1n) is 8.54. The van der Waals surface area contributed by atoms with Crippen LogP contribution in [0.1, 0.15) is 47.2 Å². The maximum Gasteiger partial charge on any atom is 0.165 e. The van der Waals surface area contributed by atoms with E-state index in [4.69, 9.17) is 11.5 Å². The summed E-state index contributed by atoms with van der Waals surface area (Å²) in [4.78, 5) is 16.5. The van der Waals surface area contributed by atoms with E-state index >= 15 is 0 Å². The number of rotatable bonds is 2. The third-order valence-corrected chi connectivity index (χ3v) is 4.15. The summed E-state index contributed by atoms with van der Waals surface area (Å²) in [6, 6.07) is 4.59. The first-order valence-corrected chi connectivity index (χ1v) is 8.54. The maximum atomic E-state index is 5.82. The van der Waals surface area contributed by atoms with Gasteiger partial charge in [0.05, 0.1) is 6.33 Å². The molecule has 0 unspecified atom stereocenters. The predicted octanol–water partition coefficient (Wildman–Crippen LogP) is 3.82. The molecule has 4 aromatic rings. The Hall–Kier alpha value is -3.16. The Morgan fingerprint density at radius 1 is 0.852 bits per heavy atom. The molecular formula is C19H28N8. The normalized spacial score (nSPS) is 10.9. The molecule has 4 N–H and O–H groups in total. The zero-order chi connectivity index (χ0) is 18.8. The average molecular weight is 368 g/mol. The van der Waals surface area contributed by atoms with Crippen LogP contribution in [0, 0.1) is 0 Å². The third-order valence-electron chi connectivity index (χ3n) is 4.15. The molecular weight excluding hydrogens is 340 g/mol. The highest BCUT2D eigenvalue weighted by Gasteiger charge is 2.09. The smallest absolute Gasteiger partial charge is 0.165 e. The van der Waals surface area contributed by atoms with E-state index in [1.807, 2.05) is 22.9 Å². The minimum Gasteiger partial charge on any atom is -0.398 e. The third kappa shape index (κ3) is 3.84. The Kier molecular flexibility index (Phi) is 5.99. The van der Waals surface area contributed by atoms with Crippen molar-refractivity contribution in [3.63, 3.8) is 0 Å². The summed E-state index contributed by atoms with van der Waals surface area (Å²) in [5, 5.41) is 1.04. The van der Waals surface area contributed by atoms with E-state index in [1.165, 1.54) is 6.33 Å². The lowest BCUT2D eigenvalue weighted by Crippen LogP contribution is -2.00. The lowest BCUT2D eigenvalue weighted by molar-refractivity contribution is 0.612. The summed E-state index contributed by atoms with van der Waals surface area (Å²) in [6.07, 6.45) is 6.97. The van der Waals surface area contributed by atoms with Crippen LogP contribution >= 0.6 is 0 Å². The second-order valence-corrected chi connectivity index (χ2v) is 6.63. The van der Waals surface area contributed by atoms with Crippen LogP contribution in [0.3, 0.4) is 0 Å². The molecule has 0 aliphatic rings. The number of anilines is 2. The summed E-state index contributed by atoms with van der Waals surface area (Å²) < 4.78 is 4.08. The van der Waals surface area contributed by atoms with Crippen LogP contribution in [0.15, 0.2) is 37.2 Å². The van der Waals surface area contributed by atoms with E-state index in [9.17, 15) is 0 Å². The van der Waals surface area contributed by atoms with Crippen molar-refractivity contribution in [1.29, 1.82) is 0 Å². The fraction of sp³-hybridized carbons (Fsp3) is 0.368. The van der Waals surface area contributed by atoms with Gasteiger partial charge in [-0.05, 0) is 39.8 Å². The molecule has 0 fully saturated rings. The van der Waals surface area contributed by atoms with Crippen LogP contribution in [0.4, 0.5) is 11.5 Å². The number of nitrogens with two attached hydrogens (primary N) is 2. The summed E-state index contributed by atoms with van der Waals surface area (Å²) >= 11 is 0. The second-order valence-electron chi connectivity index (χ2n) is 6.63. The van der Waals surface area contributed by atoms with Gasteiger partial charge in [-0.25, -0.2) is 19.9 Å². The Balaban J connectivity index is 0.000000187. The van der Waals surface area contributed by atoms with Crippen molar-refractivity contribution in [2.24, 2.45) is 0 Å². The Morgan fingerprint density at radius 3 is 2.22 bits per heavy atom. The molecule has 0 amide bonds. The van der Waals surface area contributed by atoms with Crippen LogP contribution in [0.2, 0.25) is 0 Å². The second kappa shape index (κ2) is 8.03. The van der Waals surface area contributed by atoms with Gasteiger partial charge in [0.25, 0.3) is 0 Å². The number of hydrogen-bond acceptors (Lipinski definition) is 6. The topological polar surface area (TPSA) is 113 Å². The first-order chi connectivity index (χ1) is 12.4. The molecule has 144 valence electrons. The van der Waals surface area contributed by atoms with Crippen LogP contribution in [0.5, 0.6) is 0 Å². The number of nitrogens with zero attached hydrogens (tertiary/aromatic N) is 6. The molecule has 4 rings (SSSR count). The Labute approximate surface area is 159 Å². The average Bonchev–Trinajstić information content (AvgIpc) is 3.21. The maximum absolute atomic E-state index is 5.82. The van der Waals surface area contributed by atoms with E-state index in [2.05, 4.69) is 52.2 Å². The summed E-state index contributed by atoms with van der Waals surface area (Å²) in [5.74, 6) is 0.435. The Bertz CT molecular complexity index is 945. The number of pyridine rings is 1. The molecule has 8 heteroatoms. The molecule has 0 saturated carbocycles. The molecule has 0 aliphatic heterocycles. The van der Waals surface area contributed by atoms with E-state index in [0.29, 0.717) is 23.4 Å². The van der Waals surface area contributed by atoms with Crippen LogP contribution in [0.25, 0.3) is 22.2 Å². The van der Waals surface area contributed by atoms with Crippen molar-refractivity contribution in [3.05, 3.63) is 37.2 Å². The van der Waals surface area contributed by atoms with Gasteiger partial charge in [0, 0.05) is 35.6 Å². The molecule has 4 aromatic heterocycles. The minimum absolute atomic E-state index is 0. The highest BCUT2D eigenvalue weighted by atomic mass is 15.1. The highest BCUT2D eigenvalue weighted by molar-refractivity contribution is 5.88. The zero-order valence-corrected chi connectivity index (χ0v) is 15.5. The van der Waals surface area contributed by atoms with Crippen molar-refractivity contribution in [2.45, 2.75) is 47.2 Å². The molecule has 8 nitrogen and oxygen atoms in total. The number of aromatic nitrogens is 6. The summed E-state index contributed by atoms with van der Waals surface area (Å²) in [5.41, 5.74) is 14.7. The quantitative estimate of drug-likeness (QED) is 0.556. The standard InChI is InChI=1S/C10H13N3.C8H11N5.CH4/c1-7(2)13-6-4-8-9(11)3-5-12-10(8)13;1-5(2)13-4-12-6-7(9)10-3-11-8(6)13;/h3-7H,1-2H3,(H2,11,12);3-5H,1-2H3,(H2,9,10,11);1H4. The highest BCUT2D eigenvalue weighted by Crippen LogP contribution is 2.22. The summed E-state index contributed by atoms with van der Waals surface area (Å²) in [7, 11) is 0. The minimum atomic E-state index is 0. The summed E-state index contributed by atoms with van der Waals surface area (Å²) in [6.45, 7) is 8.40. The number of hydrogen-bond donors (Lipinski definition) is 2. The fourth-order valence-electron chi connectivity index (χ4n) is 2.74. The lowest BCUT2D eigenvalue weighted by Gasteiger charge is -2.07. The van der Waals surface area contributed by atoms with Crippen LogP contribution in [-0.2, 0) is 0 Å².